The smallest absolute Gasteiger partial charge is 0.248 e. The van der Waals surface area contributed by atoms with Crippen LogP contribution in [0.3, 0.4) is 0 Å². The number of carbonyl (C=O) groups is 1. The lowest BCUT2D eigenvalue weighted by Crippen LogP contribution is -2.58. The van der Waals surface area contributed by atoms with E-state index >= 15 is 0 Å². The zero-order valence-electron chi connectivity index (χ0n) is 19.9. The molecule has 3 rings (SSSR count). The molecule has 0 bridgehead atoms. The summed E-state index contributed by atoms with van der Waals surface area (Å²) in [5, 5.41) is 9.04. The van der Waals surface area contributed by atoms with Gasteiger partial charge in [0.05, 0.1) is 11.4 Å². The Balaban J connectivity index is 2.04. The van der Waals surface area contributed by atoms with Crippen LogP contribution in [0.4, 0.5) is 18.9 Å². The molecule has 2 unspecified atom stereocenters. The van der Waals surface area contributed by atoms with E-state index in [2.05, 4.69) is 5.32 Å². The number of carbonyl (C=O) groups excluding carboxylic acids is 1. The van der Waals surface area contributed by atoms with Gasteiger partial charge in [-0.1, -0.05) is 31.9 Å². The molecule has 1 amide bonds. The predicted octanol–water partition coefficient (Wildman–Crippen LogP) is 5.44. The van der Waals surface area contributed by atoms with Crippen LogP contribution in [-0.4, -0.2) is 37.4 Å². The lowest BCUT2D eigenvalue weighted by molar-refractivity contribution is -0.126. The summed E-state index contributed by atoms with van der Waals surface area (Å²) >= 11 is 0. The molecule has 0 spiro atoms. The van der Waals surface area contributed by atoms with Gasteiger partial charge in [0.25, 0.3) is 0 Å². The van der Waals surface area contributed by atoms with Gasteiger partial charge < -0.3 is 10.1 Å². The number of anilines is 1. The molecule has 1 N–H and O–H groups in total. The Morgan fingerprint density at radius 3 is 2.44 bits per heavy atom. The van der Waals surface area contributed by atoms with Crippen molar-refractivity contribution in [2.45, 2.75) is 51.5 Å². The summed E-state index contributed by atoms with van der Waals surface area (Å²) in [6.07, 6.45) is 3.86. The van der Waals surface area contributed by atoms with E-state index < -0.39 is 17.2 Å². The monoisotopic (exact) mass is 475 g/mol. The van der Waals surface area contributed by atoms with Crippen molar-refractivity contribution in [1.82, 2.24) is 5.32 Å². The highest BCUT2D eigenvalue weighted by molar-refractivity contribution is 6.10. The van der Waals surface area contributed by atoms with Crippen molar-refractivity contribution in [3.63, 3.8) is 0 Å². The molecule has 34 heavy (non-hydrogen) atoms. The van der Waals surface area contributed by atoms with Crippen LogP contribution in [0.1, 0.15) is 51.5 Å². The molecule has 0 saturated carbocycles. The molecule has 1 aliphatic heterocycles. The zero-order valence-corrected chi connectivity index (χ0v) is 19.9. The Morgan fingerprint density at radius 2 is 1.79 bits per heavy atom. The van der Waals surface area contributed by atoms with E-state index in [0.29, 0.717) is 30.8 Å². The number of hydrazone groups is 1. The molecule has 184 valence electrons. The molecular weight excluding hydrogens is 443 g/mol. The van der Waals surface area contributed by atoms with E-state index in [1.807, 2.05) is 6.92 Å². The minimum Gasteiger partial charge on any atom is -0.385 e. The number of benzene rings is 2. The van der Waals surface area contributed by atoms with Gasteiger partial charge in [0.2, 0.25) is 5.91 Å². The number of hydrogen-bond acceptors (Lipinski definition) is 4. The second-order valence-electron chi connectivity index (χ2n) is 8.70. The number of unbranched alkanes of at least 4 members (excludes halogenated alkanes) is 2. The quantitative estimate of drug-likeness (QED) is 0.441. The lowest BCUT2D eigenvalue weighted by atomic mass is 9.77. The molecule has 0 radical (unpaired) electrons. The highest BCUT2D eigenvalue weighted by atomic mass is 19.1. The Hall–Kier alpha value is -2.87. The number of amides is 1. The van der Waals surface area contributed by atoms with E-state index in [1.165, 1.54) is 23.2 Å². The van der Waals surface area contributed by atoms with E-state index in [4.69, 9.17) is 9.84 Å². The van der Waals surface area contributed by atoms with Gasteiger partial charge in [0, 0.05) is 32.2 Å². The summed E-state index contributed by atoms with van der Waals surface area (Å²) in [5.74, 6) is -2.59. The number of ether oxygens (including phenoxy) is 1. The van der Waals surface area contributed by atoms with E-state index in [1.54, 1.807) is 26.2 Å². The molecule has 0 saturated heterocycles. The first kappa shape index (κ1) is 25.7. The molecule has 1 aliphatic rings. The normalized spacial score (nSPS) is 19.9. The third-order valence-electron chi connectivity index (χ3n) is 6.30. The van der Waals surface area contributed by atoms with Gasteiger partial charge in [-0.15, -0.1) is 0 Å². The summed E-state index contributed by atoms with van der Waals surface area (Å²) in [4.78, 5) is 13.7. The minimum absolute atomic E-state index is 0.0112. The van der Waals surface area contributed by atoms with E-state index in [-0.39, 0.29) is 23.3 Å². The van der Waals surface area contributed by atoms with E-state index in [0.717, 1.165) is 37.8 Å². The SMILES string of the molecule is CCCCC1C(c2ccc(F)cc2)=NN(c2ccc(F)cc2F)C1(C)C(=O)NCCCCOC. The van der Waals surface area contributed by atoms with Gasteiger partial charge in [-0.3, -0.25) is 4.79 Å². The van der Waals surface area contributed by atoms with Crippen molar-refractivity contribution in [2.24, 2.45) is 11.0 Å². The van der Waals surface area contributed by atoms with Gasteiger partial charge in [-0.25, -0.2) is 18.2 Å². The summed E-state index contributed by atoms with van der Waals surface area (Å²) in [6, 6.07) is 9.12. The fourth-order valence-electron chi connectivity index (χ4n) is 4.36. The van der Waals surface area contributed by atoms with Gasteiger partial charge >= 0.3 is 0 Å². The fourth-order valence-corrected chi connectivity index (χ4v) is 4.36. The molecule has 1 heterocycles. The lowest BCUT2D eigenvalue weighted by Gasteiger charge is -2.37. The summed E-state index contributed by atoms with van der Waals surface area (Å²) < 4.78 is 47.2. The Kier molecular flexibility index (Phi) is 8.72. The summed E-state index contributed by atoms with van der Waals surface area (Å²) in [6.45, 7) is 4.82. The molecule has 2 aromatic rings. The average Bonchev–Trinajstić information content (AvgIpc) is 3.11. The van der Waals surface area contributed by atoms with E-state index in [9.17, 15) is 18.0 Å². The van der Waals surface area contributed by atoms with Crippen LogP contribution < -0.4 is 10.3 Å². The van der Waals surface area contributed by atoms with Crippen molar-refractivity contribution in [2.75, 3.05) is 25.3 Å². The fraction of sp³-hybridized carbons (Fsp3) is 0.462. The first-order chi connectivity index (χ1) is 16.3. The van der Waals surface area contributed by atoms with Crippen molar-refractivity contribution in [1.29, 1.82) is 0 Å². The third-order valence-corrected chi connectivity index (χ3v) is 6.30. The van der Waals surface area contributed by atoms with Crippen LogP contribution >= 0.6 is 0 Å². The Morgan fingerprint density at radius 1 is 1.09 bits per heavy atom. The van der Waals surface area contributed by atoms with Crippen LogP contribution in [-0.2, 0) is 9.53 Å². The zero-order chi connectivity index (χ0) is 24.7. The van der Waals surface area contributed by atoms with Crippen LogP contribution in [0.25, 0.3) is 0 Å². The van der Waals surface area contributed by atoms with Crippen LogP contribution in [0.2, 0.25) is 0 Å². The third kappa shape index (κ3) is 5.43. The minimum atomic E-state index is -1.27. The van der Waals surface area contributed by atoms with Crippen molar-refractivity contribution in [3.8, 4) is 0 Å². The molecule has 0 aliphatic carbocycles. The molecule has 8 heteroatoms. The molecule has 2 atom stereocenters. The van der Waals surface area contributed by atoms with Crippen molar-refractivity contribution >= 4 is 17.3 Å². The van der Waals surface area contributed by atoms with Crippen LogP contribution in [0.5, 0.6) is 0 Å². The maximum absolute atomic E-state index is 14.9. The average molecular weight is 476 g/mol. The Labute approximate surface area is 199 Å². The Bertz CT molecular complexity index is 1010. The standard InChI is InChI=1S/C26H32F3N3O2/c1-4-5-8-21-24(18-9-11-19(27)12-10-18)31-32(23-14-13-20(28)17-22(23)29)26(21,2)25(33)30-15-6-7-16-34-3/h9-14,17,21H,4-8,15-16H2,1-3H3,(H,30,33). The number of nitrogens with zero attached hydrogens (tertiary/aromatic N) is 2. The number of hydrogen-bond donors (Lipinski definition) is 1. The molecule has 0 fully saturated rings. The van der Waals surface area contributed by atoms with Crippen molar-refractivity contribution < 1.29 is 22.7 Å². The van der Waals surface area contributed by atoms with Crippen LogP contribution in [0.15, 0.2) is 47.6 Å². The van der Waals surface area contributed by atoms with Gasteiger partial charge in [-0.05, 0) is 56.0 Å². The first-order valence-electron chi connectivity index (χ1n) is 11.7. The molecule has 0 aromatic heterocycles. The van der Waals surface area contributed by atoms with Gasteiger partial charge in [0.15, 0.2) is 5.82 Å². The summed E-state index contributed by atoms with van der Waals surface area (Å²) in [7, 11) is 1.62. The molecule has 2 aromatic carbocycles. The van der Waals surface area contributed by atoms with Crippen LogP contribution in [0, 0.1) is 23.4 Å². The maximum atomic E-state index is 14.9. The molecular formula is C26H32F3N3O2. The number of methoxy groups -OCH3 is 1. The number of halogens is 3. The topological polar surface area (TPSA) is 53.9 Å². The van der Waals surface area contributed by atoms with Crippen molar-refractivity contribution in [3.05, 3.63) is 65.5 Å². The highest BCUT2D eigenvalue weighted by Gasteiger charge is 2.54. The second kappa shape index (κ2) is 11.5. The number of rotatable bonds is 11. The largest absolute Gasteiger partial charge is 0.385 e. The maximum Gasteiger partial charge on any atom is 0.248 e. The van der Waals surface area contributed by atoms with Gasteiger partial charge in [-0.2, -0.15) is 5.10 Å². The summed E-state index contributed by atoms with van der Waals surface area (Å²) in [5.41, 5.74) is -0.0170. The van der Waals surface area contributed by atoms with Gasteiger partial charge in [0.1, 0.15) is 17.2 Å². The predicted molar refractivity (Wildman–Crippen MR) is 127 cm³/mol. The number of nitrogens with one attached hydrogen (secondary N) is 1. The first-order valence-corrected chi connectivity index (χ1v) is 11.7. The second-order valence-corrected chi connectivity index (χ2v) is 8.70. The highest BCUT2D eigenvalue weighted by Crippen LogP contribution is 2.42. The molecule has 5 nitrogen and oxygen atoms in total.